The number of carbonyl (C=O) groups is 2. The van der Waals surface area contributed by atoms with Gasteiger partial charge < -0.3 is 15.1 Å². The molecule has 0 spiro atoms. The number of carboxylic acid groups (broad SMARTS) is 1. The number of aliphatic hydroxyl groups excluding tert-OH is 1. The molecule has 0 aromatic rings. The SMILES string of the molecule is CC(O)C1C(=O)N2C(C(=O)O)=CC(C)[C@@H]12. The Morgan fingerprint density at radius 2 is 2.20 bits per heavy atom. The van der Waals surface area contributed by atoms with Crippen molar-refractivity contribution in [2.75, 3.05) is 0 Å². The fourth-order valence-corrected chi connectivity index (χ4v) is 2.47. The smallest absolute Gasteiger partial charge is 0.352 e. The summed E-state index contributed by atoms with van der Waals surface area (Å²) in [6, 6.07) is -0.177. The van der Waals surface area contributed by atoms with Crippen molar-refractivity contribution in [2.24, 2.45) is 11.8 Å². The maximum atomic E-state index is 11.6. The van der Waals surface area contributed by atoms with Crippen molar-refractivity contribution in [3.05, 3.63) is 11.8 Å². The van der Waals surface area contributed by atoms with Gasteiger partial charge in [-0.3, -0.25) is 4.79 Å². The summed E-state index contributed by atoms with van der Waals surface area (Å²) in [5, 5.41) is 18.3. The molecule has 2 N–H and O–H groups in total. The molecule has 0 aliphatic carbocycles. The molecule has 4 atom stereocenters. The number of β-lactam (4-membered cyclic amide) rings is 1. The topological polar surface area (TPSA) is 77.8 Å². The van der Waals surface area contributed by atoms with Crippen LogP contribution in [0.15, 0.2) is 11.8 Å². The number of aliphatic hydroxyl groups is 1. The van der Waals surface area contributed by atoms with Gasteiger partial charge in [0, 0.05) is 0 Å². The van der Waals surface area contributed by atoms with Gasteiger partial charge in [-0.05, 0) is 18.9 Å². The van der Waals surface area contributed by atoms with E-state index in [4.69, 9.17) is 5.11 Å². The minimum atomic E-state index is -1.08. The number of carbonyl (C=O) groups excluding carboxylic acids is 1. The van der Waals surface area contributed by atoms with Gasteiger partial charge in [-0.25, -0.2) is 4.79 Å². The monoisotopic (exact) mass is 211 g/mol. The molecule has 2 rings (SSSR count). The molecule has 1 amide bonds. The second-order valence-corrected chi connectivity index (χ2v) is 4.18. The number of hydrogen-bond donors (Lipinski definition) is 2. The highest BCUT2D eigenvalue weighted by Crippen LogP contribution is 2.43. The summed E-state index contributed by atoms with van der Waals surface area (Å²) in [7, 11) is 0. The van der Waals surface area contributed by atoms with Crippen molar-refractivity contribution in [2.45, 2.75) is 26.0 Å². The summed E-state index contributed by atoms with van der Waals surface area (Å²) in [4.78, 5) is 23.7. The summed E-state index contributed by atoms with van der Waals surface area (Å²) >= 11 is 0. The largest absolute Gasteiger partial charge is 0.477 e. The third kappa shape index (κ3) is 1.19. The van der Waals surface area contributed by atoms with Crippen molar-refractivity contribution >= 4 is 11.9 Å². The van der Waals surface area contributed by atoms with Crippen LogP contribution >= 0.6 is 0 Å². The molecule has 0 bridgehead atoms. The first-order valence-electron chi connectivity index (χ1n) is 4.91. The van der Waals surface area contributed by atoms with Gasteiger partial charge in [-0.15, -0.1) is 0 Å². The Bertz CT molecular complexity index is 360. The van der Waals surface area contributed by atoms with Crippen LogP contribution in [-0.4, -0.2) is 39.1 Å². The normalized spacial score (nSPS) is 35.7. The fraction of sp³-hybridized carbons (Fsp3) is 0.600. The first kappa shape index (κ1) is 10.2. The highest BCUT2D eigenvalue weighted by atomic mass is 16.4. The van der Waals surface area contributed by atoms with E-state index in [1.807, 2.05) is 6.92 Å². The second-order valence-electron chi connectivity index (χ2n) is 4.18. The average molecular weight is 211 g/mol. The summed E-state index contributed by atoms with van der Waals surface area (Å²) in [5.41, 5.74) is 0.0504. The Kier molecular flexibility index (Phi) is 2.08. The molecule has 5 heteroatoms. The zero-order valence-electron chi connectivity index (χ0n) is 8.54. The highest BCUT2D eigenvalue weighted by Gasteiger charge is 2.57. The van der Waals surface area contributed by atoms with Gasteiger partial charge in [0.2, 0.25) is 5.91 Å². The highest BCUT2D eigenvalue weighted by molar-refractivity contribution is 5.99. The minimum absolute atomic E-state index is 0.00611. The third-order valence-corrected chi connectivity index (χ3v) is 3.15. The Balaban J connectivity index is 2.26. The van der Waals surface area contributed by atoms with Crippen molar-refractivity contribution in [3.8, 4) is 0 Å². The maximum absolute atomic E-state index is 11.6. The van der Waals surface area contributed by atoms with Crippen LogP contribution in [0.4, 0.5) is 0 Å². The summed E-state index contributed by atoms with van der Waals surface area (Å²) in [5.74, 6) is -1.82. The van der Waals surface area contributed by atoms with Gasteiger partial charge in [0.05, 0.1) is 18.1 Å². The third-order valence-electron chi connectivity index (χ3n) is 3.15. The van der Waals surface area contributed by atoms with E-state index in [2.05, 4.69) is 0 Å². The van der Waals surface area contributed by atoms with Crippen LogP contribution < -0.4 is 0 Å². The lowest BCUT2D eigenvalue weighted by Crippen LogP contribution is -2.63. The second kappa shape index (κ2) is 3.06. The number of amides is 1. The van der Waals surface area contributed by atoms with Crippen LogP contribution in [0.2, 0.25) is 0 Å². The lowest BCUT2D eigenvalue weighted by Gasteiger charge is -2.46. The standard InChI is InChI=1S/C10H13NO4/c1-4-3-6(10(14)15)11-8(4)7(5(2)12)9(11)13/h3-5,7-8,12H,1-2H3,(H,14,15)/t4?,5?,7?,8-/m0/s1. The fourth-order valence-electron chi connectivity index (χ4n) is 2.47. The number of rotatable bonds is 2. The van der Waals surface area contributed by atoms with Gasteiger partial charge in [-0.2, -0.15) is 0 Å². The Hall–Kier alpha value is -1.36. The molecule has 0 saturated carbocycles. The van der Waals surface area contributed by atoms with Crippen LogP contribution in [0.25, 0.3) is 0 Å². The summed E-state index contributed by atoms with van der Waals surface area (Å²) < 4.78 is 0. The van der Waals surface area contributed by atoms with Crippen molar-refractivity contribution < 1.29 is 19.8 Å². The molecule has 2 heterocycles. The molecule has 82 valence electrons. The van der Waals surface area contributed by atoms with Crippen molar-refractivity contribution in [1.82, 2.24) is 4.90 Å². The zero-order chi connectivity index (χ0) is 11.3. The summed E-state index contributed by atoms with van der Waals surface area (Å²) in [6.07, 6.45) is 0.857. The van der Waals surface area contributed by atoms with Crippen molar-refractivity contribution in [3.63, 3.8) is 0 Å². The van der Waals surface area contributed by atoms with E-state index in [-0.39, 0.29) is 23.6 Å². The quantitative estimate of drug-likeness (QED) is 0.621. The van der Waals surface area contributed by atoms with Crippen LogP contribution in [0, 0.1) is 11.8 Å². The van der Waals surface area contributed by atoms with Crippen LogP contribution in [0.5, 0.6) is 0 Å². The zero-order valence-corrected chi connectivity index (χ0v) is 8.54. The molecule has 15 heavy (non-hydrogen) atoms. The molecule has 0 aromatic carbocycles. The molecule has 1 saturated heterocycles. The van der Waals surface area contributed by atoms with Crippen LogP contribution in [-0.2, 0) is 9.59 Å². The summed E-state index contributed by atoms with van der Waals surface area (Å²) in [6.45, 7) is 3.42. The molecule has 2 aliphatic rings. The van der Waals surface area contributed by atoms with Gasteiger partial charge >= 0.3 is 5.97 Å². The number of hydrogen-bond acceptors (Lipinski definition) is 3. The minimum Gasteiger partial charge on any atom is -0.477 e. The first-order valence-corrected chi connectivity index (χ1v) is 4.91. The van der Waals surface area contributed by atoms with E-state index in [1.54, 1.807) is 13.0 Å². The van der Waals surface area contributed by atoms with E-state index >= 15 is 0 Å². The van der Waals surface area contributed by atoms with Crippen LogP contribution in [0.3, 0.4) is 0 Å². The Labute approximate surface area is 87.0 Å². The molecular weight excluding hydrogens is 198 g/mol. The van der Waals surface area contributed by atoms with Crippen molar-refractivity contribution in [1.29, 1.82) is 0 Å². The first-order chi connectivity index (χ1) is 6.95. The Morgan fingerprint density at radius 3 is 2.67 bits per heavy atom. The molecule has 3 unspecified atom stereocenters. The molecular formula is C10H13NO4. The molecule has 2 aliphatic heterocycles. The number of carboxylic acids is 1. The molecule has 0 aromatic heterocycles. The van der Waals surface area contributed by atoms with E-state index in [1.165, 1.54) is 4.90 Å². The number of aliphatic carboxylic acids is 1. The lowest BCUT2D eigenvalue weighted by molar-refractivity contribution is -0.163. The average Bonchev–Trinajstić information content (AvgIpc) is 2.38. The van der Waals surface area contributed by atoms with Gasteiger partial charge in [0.1, 0.15) is 5.70 Å². The van der Waals surface area contributed by atoms with Gasteiger partial charge in [-0.1, -0.05) is 6.92 Å². The van der Waals surface area contributed by atoms with E-state index < -0.39 is 18.0 Å². The molecule has 0 radical (unpaired) electrons. The molecule has 1 fully saturated rings. The number of fused-ring (bicyclic) bond motifs is 1. The molecule has 5 nitrogen and oxygen atoms in total. The van der Waals surface area contributed by atoms with Crippen LogP contribution in [0.1, 0.15) is 13.8 Å². The van der Waals surface area contributed by atoms with E-state index in [9.17, 15) is 14.7 Å². The predicted octanol–water partition coefficient (Wildman–Crippen LogP) is -0.188. The lowest BCUT2D eigenvalue weighted by atomic mass is 9.79. The van der Waals surface area contributed by atoms with E-state index in [0.717, 1.165) is 0 Å². The predicted molar refractivity (Wildman–Crippen MR) is 50.7 cm³/mol. The Morgan fingerprint density at radius 1 is 1.60 bits per heavy atom. The van der Waals surface area contributed by atoms with E-state index in [0.29, 0.717) is 0 Å². The van der Waals surface area contributed by atoms with Gasteiger partial charge in [0.15, 0.2) is 0 Å². The number of nitrogens with zero attached hydrogens (tertiary/aromatic N) is 1. The maximum Gasteiger partial charge on any atom is 0.352 e. The van der Waals surface area contributed by atoms with Gasteiger partial charge in [0.25, 0.3) is 0 Å².